The lowest BCUT2D eigenvalue weighted by Gasteiger charge is -2.12. The molecular formula is C10H11F4NO. The van der Waals surface area contributed by atoms with Crippen LogP contribution < -0.4 is 10.5 Å². The van der Waals surface area contributed by atoms with Crippen LogP contribution in [0.2, 0.25) is 0 Å². The Bertz CT molecular complexity index is 315. The van der Waals surface area contributed by atoms with Gasteiger partial charge in [-0.15, -0.1) is 0 Å². The molecule has 0 heterocycles. The Kier molecular flexibility index (Phi) is 4.54. The Morgan fingerprint density at radius 1 is 1.06 bits per heavy atom. The first-order valence-corrected chi connectivity index (χ1v) is 4.57. The van der Waals surface area contributed by atoms with E-state index in [4.69, 9.17) is 5.73 Å². The quantitative estimate of drug-likeness (QED) is 0.799. The van der Waals surface area contributed by atoms with Gasteiger partial charge in [0, 0.05) is 12.5 Å². The zero-order valence-corrected chi connectivity index (χ0v) is 8.25. The second-order valence-corrected chi connectivity index (χ2v) is 3.18. The summed E-state index contributed by atoms with van der Waals surface area (Å²) in [4.78, 5) is 0. The lowest BCUT2D eigenvalue weighted by molar-refractivity contribution is -0.0498. The molecule has 0 saturated carbocycles. The number of halogens is 4. The first kappa shape index (κ1) is 12.8. The van der Waals surface area contributed by atoms with Gasteiger partial charge in [-0.1, -0.05) is 12.1 Å². The maximum atomic E-state index is 12.0. The van der Waals surface area contributed by atoms with E-state index in [1.807, 2.05) is 0 Å². The van der Waals surface area contributed by atoms with Crippen LogP contribution in [0.1, 0.15) is 18.0 Å². The SMILES string of the molecule is N[C@@H](CC(F)F)c1ccc(OC(F)F)cc1. The minimum absolute atomic E-state index is 0.0250. The number of hydrogen-bond acceptors (Lipinski definition) is 2. The maximum absolute atomic E-state index is 12.0. The number of rotatable bonds is 5. The van der Waals surface area contributed by atoms with E-state index in [0.717, 1.165) is 0 Å². The van der Waals surface area contributed by atoms with Gasteiger partial charge < -0.3 is 10.5 Å². The molecule has 0 unspecified atom stereocenters. The summed E-state index contributed by atoms with van der Waals surface area (Å²) in [7, 11) is 0. The molecule has 0 fully saturated rings. The number of hydrogen-bond donors (Lipinski definition) is 1. The average Bonchev–Trinajstić information content (AvgIpc) is 2.16. The van der Waals surface area contributed by atoms with Crippen molar-refractivity contribution < 1.29 is 22.3 Å². The molecule has 2 nitrogen and oxygen atoms in total. The average molecular weight is 237 g/mol. The molecule has 1 atom stereocenters. The molecule has 0 aliphatic carbocycles. The standard InChI is InChI=1S/C10H11F4NO/c11-9(12)5-8(15)6-1-3-7(4-2-6)16-10(13)14/h1-4,8-10H,5,15H2/t8-/m0/s1. The van der Waals surface area contributed by atoms with Gasteiger partial charge in [0.05, 0.1) is 0 Å². The molecule has 0 aromatic heterocycles. The summed E-state index contributed by atoms with van der Waals surface area (Å²) >= 11 is 0. The second kappa shape index (κ2) is 5.69. The van der Waals surface area contributed by atoms with Gasteiger partial charge in [0.15, 0.2) is 0 Å². The van der Waals surface area contributed by atoms with Crippen LogP contribution in [0, 0.1) is 0 Å². The van der Waals surface area contributed by atoms with Crippen LogP contribution in [-0.4, -0.2) is 13.0 Å². The highest BCUT2D eigenvalue weighted by Crippen LogP contribution is 2.21. The molecule has 0 radical (unpaired) electrons. The highest BCUT2D eigenvalue weighted by molar-refractivity contribution is 5.29. The summed E-state index contributed by atoms with van der Waals surface area (Å²) in [6, 6.07) is 4.52. The Morgan fingerprint density at radius 2 is 1.62 bits per heavy atom. The van der Waals surface area contributed by atoms with Crippen LogP contribution in [0.15, 0.2) is 24.3 Å². The third-order valence-electron chi connectivity index (χ3n) is 1.97. The van der Waals surface area contributed by atoms with Crippen molar-refractivity contribution in [3.63, 3.8) is 0 Å². The van der Waals surface area contributed by atoms with Crippen LogP contribution in [-0.2, 0) is 0 Å². The van der Waals surface area contributed by atoms with Crippen LogP contribution in [0.5, 0.6) is 5.75 Å². The fourth-order valence-electron chi connectivity index (χ4n) is 1.22. The molecule has 0 amide bonds. The molecule has 0 aliphatic rings. The van der Waals surface area contributed by atoms with Gasteiger partial charge in [-0.3, -0.25) is 0 Å². The van der Waals surface area contributed by atoms with Gasteiger partial charge in [-0.05, 0) is 17.7 Å². The summed E-state index contributed by atoms with van der Waals surface area (Å²) < 4.78 is 51.8. The molecule has 2 N–H and O–H groups in total. The topological polar surface area (TPSA) is 35.2 Å². The number of alkyl halides is 4. The Hall–Kier alpha value is -1.30. The van der Waals surface area contributed by atoms with E-state index in [-0.39, 0.29) is 5.75 Å². The zero-order chi connectivity index (χ0) is 12.1. The monoisotopic (exact) mass is 237 g/mol. The summed E-state index contributed by atoms with van der Waals surface area (Å²) in [5.41, 5.74) is 5.94. The van der Waals surface area contributed by atoms with Crippen molar-refractivity contribution in [2.24, 2.45) is 5.73 Å². The molecular weight excluding hydrogens is 226 g/mol. The molecule has 1 rings (SSSR count). The van der Waals surface area contributed by atoms with E-state index in [1.165, 1.54) is 24.3 Å². The summed E-state index contributed by atoms with van der Waals surface area (Å²) in [5, 5.41) is 0. The van der Waals surface area contributed by atoms with Crippen molar-refractivity contribution in [2.75, 3.05) is 0 Å². The summed E-state index contributed by atoms with van der Waals surface area (Å²) in [5.74, 6) is -0.0250. The van der Waals surface area contributed by atoms with Gasteiger partial charge in [0.2, 0.25) is 6.43 Å². The van der Waals surface area contributed by atoms with Crippen LogP contribution in [0.25, 0.3) is 0 Å². The third-order valence-corrected chi connectivity index (χ3v) is 1.97. The number of benzene rings is 1. The van der Waals surface area contributed by atoms with Crippen molar-refractivity contribution in [2.45, 2.75) is 25.5 Å². The van der Waals surface area contributed by atoms with Crippen molar-refractivity contribution in [3.8, 4) is 5.75 Å². The lowest BCUT2D eigenvalue weighted by Crippen LogP contribution is -2.13. The number of ether oxygens (including phenoxy) is 1. The predicted octanol–water partition coefficient (Wildman–Crippen LogP) is 2.94. The number of nitrogens with two attached hydrogens (primary N) is 1. The molecule has 6 heteroatoms. The van der Waals surface area contributed by atoms with Crippen LogP contribution in [0.4, 0.5) is 17.6 Å². The van der Waals surface area contributed by atoms with Crippen molar-refractivity contribution in [1.29, 1.82) is 0 Å². The molecule has 16 heavy (non-hydrogen) atoms. The highest BCUT2D eigenvalue weighted by atomic mass is 19.3. The first-order valence-electron chi connectivity index (χ1n) is 4.57. The maximum Gasteiger partial charge on any atom is 0.387 e. The van der Waals surface area contributed by atoms with Gasteiger partial charge in [-0.2, -0.15) is 8.78 Å². The highest BCUT2D eigenvalue weighted by Gasteiger charge is 2.13. The minimum atomic E-state index is -2.90. The van der Waals surface area contributed by atoms with E-state index in [9.17, 15) is 17.6 Å². The first-order chi connectivity index (χ1) is 7.49. The van der Waals surface area contributed by atoms with E-state index in [1.54, 1.807) is 0 Å². The van der Waals surface area contributed by atoms with E-state index < -0.39 is 25.5 Å². The van der Waals surface area contributed by atoms with E-state index >= 15 is 0 Å². The Labute approximate surface area is 90.0 Å². The fraction of sp³-hybridized carbons (Fsp3) is 0.400. The van der Waals surface area contributed by atoms with Gasteiger partial charge in [0.25, 0.3) is 0 Å². The summed E-state index contributed by atoms with van der Waals surface area (Å²) in [6.07, 6.45) is -2.96. The van der Waals surface area contributed by atoms with Crippen molar-refractivity contribution in [1.82, 2.24) is 0 Å². The normalized spacial score (nSPS) is 13.2. The van der Waals surface area contributed by atoms with Crippen LogP contribution in [0.3, 0.4) is 0 Å². The van der Waals surface area contributed by atoms with E-state index in [0.29, 0.717) is 5.56 Å². The smallest absolute Gasteiger partial charge is 0.387 e. The molecule has 0 aliphatic heterocycles. The van der Waals surface area contributed by atoms with Crippen molar-refractivity contribution >= 4 is 0 Å². The molecule has 0 bridgehead atoms. The molecule has 0 saturated heterocycles. The molecule has 90 valence electrons. The van der Waals surface area contributed by atoms with Crippen molar-refractivity contribution in [3.05, 3.63) is 29.8 Å². The van der Waals surface area contributed by atoms with Gasteiger partial charge in [-0.25, -0.2) is 8.78 Å². The Balaban J connectivity index is 2.63. The fourth-order valence-corrected chi connectivity index (χ4v) is 1.22. The Morgan fingerprint density at radius 3 is 2.06 bits per heavy atom. The predicted molar refractivity (Wildman–Crippen MR) is 50.6 cm³/mol. The molecule has 1 aromatic rings. The second-order valence-electron chi connectivity index (χ2n) is 3.18. The molecule has 0 spiro atoms. The van der Waals surface area contributed by atoms with Gasteiger partial charge >= 0.3 is 6.61 Å². The third kappa shape index (κ3) is 4.06. The van der Waals surface area contributed by atoms with E-state index in [2.05, 4.69) is 4.74 Å². The lowest BCUT2D eigenvalue weighted by atomic mass is 10.1. The minimum Gasteiger partial charge on any atom is -0.435 e. The zero-order valence-electron chi connectivity index (χ0n) is 8.25. The van der Waals surface area contributed by atoms with Gasteiger partial charge in [0.1, 0.15) is 5.75 Å². The summed E-state index contributed by atoms with van der Waals surface area (Å²) in [6.45, 7) is -2.90. The largest absolute Gasteiger partial charge is 0.435 e. The molecule has 1 aromatic carbocycles. The van der Waals surface area contributed by atoms with Crippen LogP contribution >= 0.6 is 0 Å².